The largest absolute Gasteiger partial charge is 0.444 e. The van der Waals surface area contributed by atoms with E-state index in [2.05, 4.69) is 18.3 Å². The predicted octanol–water partition coefficient (Wildman–Crippen LogP) is 4.90. The van der Waals surface area contributed by atoms with Gasteiger partial charge in [0.05, 0.1) is 0 Å². The summed E-state index contributed by atoms with van der Waals surface area (Å²) in [5.41, 5.74) is 1.69. The molecule has 1 fully saturated rings. The first-order chi connectivity index (χ1) is 11.2. The molecule has 0 radical (unpaired) electrons. The average molecular weight is 333 g/mol. The van der Waals surface area contributed by atoms with Crippen LogP contribution in [0.25, 0.3) is 0 Å². The standard InChI is InChI=1S/C20H28FNO2/c1-13-12-14(8-11-22-18(23)24-19(2,3)4)15-6-5-7-16(21)17(15)20(13)9-10-20/h5-7,13-14H,8-12H2,1-4H3,(H,22,23). The Labute approximate surface area is 144 Å². The zero-order valence-electron chi connectivity index (χ0n) is 15.1. The molecule has 1 spiro atoms. The fraction of sp³-hybridized carbons (Fsp3) is 0.650. The number of alkyl carbamates (subject to hydrolysis) is 1. The fourth-order valence-corrected chi connectivity index (χ4v) is 4.25. The predicted molar refractivity (Wildman–Crippen MR) is 92.7 cm³/mol. The van der Waals surface area contributed by atoms with Gasteiger partial charge in [-0.15, -0.1) is 0 Å². The number of ether oxygens (including phenoxy) is 1. The molecular weight excluding hydrogens is 305 g/mol. The first-order valence-electron chi connectivity index (χ1n) is 8.99. The summed E-state index contributed by atoms with van der Waals surface area (Å²) >= 11 is 0. The molecule has 0 heterocycles. The highest BCUT2D eigenvalue weighted by molar-refractivity contribution is 5.67. The maximum atomic E-state index is 14.5. The van der Waals surface area contributed by atoms with Crippen molar-refractivity contribution in [2.45, 2.75) is 70.3 Å². The Morgan fingerprint density at radius 3 is 2.71 bits per heavy atom. The Balaban J connectivity index is 1.67. The molecule has 2 unspecified atom stereocenters. The lowest BCUT2D eigenvalue weighted by Crippen LogP contribution is -2.34. The zero-order valence-corrected chi connectivity index (χ0v) is 15.1. The van der Waals surface area contributed by atoms with Crippen molar-refractivity contribution in [1.29, 1.82) is 0 Å². The molecule has 24 heavy (non-hydrogen) atoms. The van der Waals surface area contributed by atoms with E-state index in [1.165, 1.54) is 0 Å². The number of benzene rings is 1. The topological polar surface area (TPSA) is 38.3 Å². The second-order valence-electron chi connectivity index (χ2n) is 8.41. The van der Waals surface area contributed by atoms with Crippen LogP contribution in [0.1, 0.15) is 70.4 Å². The van der Waals surface area contributed by atoms with Crippen LogP contribution in [-0.2, 0) is 10.2 Å². The molecule has 4 heteroatoms. The van der Waals surface area contributed by atoms with Gasteiger partial charge < -0.3 is 10.1 Å². The van der Waals surface area contributed by atoms with Crippen LogP contribution in [0.5, 0.6) is 0 Å². The number of hydrogen-bond donors (Lipinski definition) is 1. The molecule has 1 amide bonds. The van der Waals surface area contributed by atoms with Crippen molar-refractivity contribution in [3.8, 4) is 0 Å². The van der Waals surface area contributed by atoms with Gasteiger partial charge in [-0.25, -0.2) is 9.18 Å². The Bertz CT molecular complexity index is 631. The molecule has 0 saturated heterocycles. The minimum atomic E-state index is -0.489. The highest BCUT2D eigenvalue weighted by Crippen LogP contribution is 2.61. The molecule has 1 N–H and O–H groups in total. The van der Waals surface area contributed by atoms with Crippen molar-refractivity contribution >= 4 is 6.09 Å². The first kappa shape index (κ1) is 17.2. The number of halogens is 1. The fourth-order valence-electron chi connectivity index (χ4n) is 4.25. The summed E-state index contributed by atoms with van der Waals surface area (Å²) in [6.45, 7) is 8.35. The van der Waals surface area contributed by atoms with Gasteiger partial charge in [-0.1, -0.05) is 19.1 Å². The Kier molecular flexibility index (Phi) is 4.35. The molecule has 0 aliphatic heterocycles. The third-order valence-electron chi connectivity index (χ3n) is 5.51. The van der Waals surface area contributed by atoms with E-state index in [9.17, 15) is 9.18 Å². The Hall–Kier alpha value is -1.58. The summed E-state index contributed by atoms with van der Waals surface area (Å²) in [5, 5.41) is 2.83. The molecule has 0 aromatic heterocycles. The van der Waals surface area contributed by atoms with E-state index in [-0.39, 0.29) is 17.3 Å². The van der Waals surface area contributed by atoms with Gasteiger partial charge in [-0.05, 0) is 75.5 Å². The lowest BCUT2D eigenvalue weighted by molar-refractivity contribution is 0.0525. The van der Waals surface area contributed by atoms with E-state index in [0.717, 1.165) is 36.8 Å². The molecular formula is C20H28FNO2. The Morgan fingerprint density at radius 1 is 1.38 bits per heavy atom. The van der Waals surface area contributed by atoms with E-state index < -0.39 is 5.60 Å². The second-order valence-corrected chi connectivity index (χ2v) is 8.41. The molecule has 2 aliphatic rings. The number of carbonyl (C=O) groups excluding carboxylic acids is 1. The smallest absolute Gasteiger partial charge is 0.407 e. The van der Waals surface area contributed by atoms with E-state index >= 15 is 0 Å². The third kappa shape index (κ3) is 3.28. The van der Waals surface area contributed by atoms with Crippen LogP contribution in [0.4, 0.5) is 9.18 Å². The van der Waals surface area contributed by atoms with Gasteiger partial charge in [0.2, 0.25) is 0 Å². The van der Waals surface area contributed by atoms with Crippen molar-refractivity contribution in [2.24, 2.45) is 5.92 Å². The van der Waals surface area contributed by atoms with Gasteiger partial charge in [0.15, 0.2) is 0 Å². The molecule has 1 saturated carbocycles. The number of rotatable bonds is 3. The number of nitrogens with one attached hydrogen (secondary N) is 1. The number of hydrogen-bond acceptors (Lipinski definition) is 2. The van der Waals surface area contributed by atoms with Crippen molar-refractivity contribution in [2.75, 3.05) is 6.54 Å². The quantitative estimate of drug-likeness (QED) is 0.855. The first-order valence-corrected chi connectivity index (χ1v) is 8.99. The molecule has 2 aliphatic carbocycles. The third-order valence-corrected chi connectivity index (χ3v) is 5.51. The lowest BCUT2D eigenvalue weighted by atomic mass is 9.67. The normalized spacial score (nSPS) is 24.4. The summed E-state index contributed by atoms with van der Waals surface area (Å²) in [4.78, 5) is 11.8. The monoisotopic (exact) mass is 333 g/mol. The van der Waals surface area contributed by atoms with Crippen LogP contribution in [0, 0.1) is 11.7 Å². The SMILES string of the molecule is CC1CC(CCNC(=O)OC(C)(C)C)c2cccc(F)c2C12CC2. The molecule has 132 valence electrons. The van der Waals surface area contributed by atoms with Crippen molar-refractivity contribution in [1.82, 2.24) is 5.32 Å². The zero-order chi connectivity index (χ0) is 17.5. The van der Waals surface area contributed by atoms with Gasteiger partial charge in [0.1, 0.15) is 11.4 Å². The van der Waals surface area contributed by atoms with Crippen LogP contribution >= 0.6 is 0 Å². The van der Waals surface area contributed by atoms with Crippen molar-refractivity contribution in [3.05, 3.63) is 35.1 Å². The summed E-state index contributed by atoms with van der Waals surface area (Å²) < 4.78 is 19.8. The van der Waals surface area contributed by atoms with Gasteiger partial charge >= 0.3 is 6.09 Å². The van der Waals surface area contributed by atoms with Crippen molar-refractivity contribution in [3.63, 3.8) is 0 Å². The maximum Gasteiger partial charge on any atom is 0.407 e. The molecule has 1 aromatic carbocycles. The summed E-state index contributed by atoms with van der Waals surface area (Å²) in [6, 6.07) is 5.48. The number of carbonyl (C=O) groups is 1. The van der Waals surface area contributed by atoms with Crippen LogP contribution in [0.3, 0.4) is 0 Å². The van der Waals surface area contributed by atoms with Gasteiger partial charge in [-0.3, -0.25) is 0 Å². The van der Waals surface area contributed by atoms with E-state index in [1.807, 2.05) is 26.8 Å². The number of amides is 1. The van der Waals surface area contributed by atoms with Crippen LogP contribution < -0.4 is 5.32 Å². The summed E-state index contributed by atoms with van der Waals surface area (Å²) in [7, 11) is 0. The second kappa shape index (κ2) is 6.05. The molecule has 2 atom stereocenters. The average Bonchev–Trinajstić information content (AvgIpc) is 3.24. The number of fused-ring (bicyclic) bond motifs is 2. The lowest BCUT2D eigenvalue weighted by Gasteiger charge is -2.37. The van der Waals surface area contributed by atoms with Crippen LogP contribution in [0.15, 0.2) is 18.2 Å². The molecule has 3 nitrogen and oxygen atoms in total. The minimum absolute atomic E-state index is 0.0540. The molecule has 1 aromatic rings. The van der Waals surface area contributed by atoms with E-state index in [4.69, 9.17) is 4.74 Å². The summed E-state index contributed by atoms with van der Waals surface area (Å²) in [6.07, 6.45) is 3.70. The highest BCUT2D eigenvalue weighted by Gasteiger charge is 2.54. The van der Waals surface area contributed by atoms with Crippen LogP contribution in [0.2, 0.25) is 0 Å². The van der Waals surface area contributed by atoms with Gasteiger partial charge in [0, 0.05) is 12.0 Å². The Morgan fingerprint density at radius 2 is 2.08 bits per heavy atom. The minimum Gasteiger partial charge on any atom is -0.444 e. The molecule has 0 bridgehead atoms. The van der Waals surface area contributed by atoms with E-state index in [0.29, 0.717) is 18.4 Å². The van der Waals surface area contributed by atoms with Crippen molar-refractivity contribution < 1.29 is 13.9 Å². The van der Waals surface area contributed by atoms with Crippen LogP contribution in [-0.4, -0.2) is 18.2 Å². The highest BCUT2D eigenvalue weighted by atomic mass is 19.1. The van der Waals surface area contributed by atoms with Gasteiger partial charge in [-0.2, -0.15) is 0 Å². The van der Waals surface area contributed by atoms with E-state index in [1.54, 1.807) is 6.07 Å². The maximum absolute atomic E-state index is 14.5. The van der Waals surface area contributed by atoms with Gasteiger partial charge in [0.25, 0.3) is 0 Å². The molecule has 3 rings (SSSR count). The summed E-state index contributed by atoms with van der Waals surface area (Å²) in [5.74, 6) is 0.738.